The molecule has 5 nitrogen and oxygen atoms in total. The van der Waals surface area contributed by atoms with Gasteiger partial charge in [-0.15, -0.1) is 5.10 Å². The van der Waals surface area contributed by atoms with Gasteiger partial charge >= 0.3 is 0 Å². The van der Waals surface area contributed by atoms with Crippen molar-refractivity contribution in [1.29, 1.82) is 0 Å². The second-order valence-electron chi connectivity index (χ2n) is 6.37. The minimum absolute atomic E-state index is 0.115. The zero-order chi connectivity index (χ0) is 14.0. The van der Waals surface area contributed by atoms with Crippen LogP contribution in [0.3, 0.4) is 0 Å². The lowest BCUT2D eigenvalue weighted by Gasteiger charge is -2.48. The van der Waals surface area contributed by atoms with Gasteiger partial charge in [0.15, 0.2) is 0 Å². The summed E-state index contributed by atoms with van der Waals surface area (Å²) in [5.74, 6) is 0.830. The van der Waals surface area contributed by atoms with Crippen molar-refractivity contribution < 1.29 is 0 Å². The number of rotatable bonds is 4. The molecule has 108 valence electrons. The van der Waals surface area contributed by atoms with Gasteiger partial charge in [0.1, 0.15) is 0 Å². The molecular formula is C14H27N5. The van der Waals surface area contributed by atoms with Crippen LogP contribution in [0.15, 0.2) is 6.20 Å². The third kappa shape index (κ3) is 2.98. The fourth-order valence-electron chi connectivity index (χ4n) is 3.32. The van der Waals surface area contributed by atoms with E-state index in [1.54, 1.807) is 4.68 Å². The van der Waals surface area contributed by atoms with E-state index in [0.717, 1.165) is 18.0 Å². The highest BCUT2D eigenvalue weighted by Gasteiger charge is 2.41. The Morgan fingerprint density at radius 2 is 2.11 bits per heavy atom. The van der Waals surface area contributed by atoms with E-state index in [-0.39, 0.29) is 11.6 Å². The van der Waals surface area contributed by atoms with Gasteiger partial charge in [-0.3, -0.25) is 4.68 Å². The molecule has 1 fully saturated rings. The first-order valence-electron chi connectivity index (χ1n) is 7.22. The van der Waals surface area contributed by atoms with Crippen LogP contribution in [0.1, 0.15) is 38.3 Å². The molecule has 0 aliphatic heterocycles. The van der Waals surface area contributed by atoms with E-state index in [1.807, 2.05) is 13.2 Å². The molecule has 1 unspecified atom stereocenters. The quantitative estimate of drug-likeness (QED) is 0.888. The summed E-state index contributed by atoms with van der Waals surface area (Å²) in [6, 6.07) is 0.117. The number of nitrogens with zero attached hydrogens (tertiary/aromatic N) is 4. The molecule has 1 aliphatic rings. The lowest BCUT2D eigenvalue weighted by Crippen LogP contribution is -2.59. The fourth-order valence-corrected chi connectivity index (χ4v) is 3.32. The van der Waals surface area contributed by atoms with E-state index in [4.69, 9.17) is 5.73 Å². The Morgan fingerprint density at radius 1 is 1.47 bits per heavy atom. The number of aromatic nitrogens is 3. The Labute approximate surface area is 116 Å². The normalized spacial score (nSPS) is 29.7. The number of nitrogens with two attached hydrogens (primary N) is 1. The van der Waals surface area contributed by atoms with Crippen LogP contribution in [0.25, 0.3) is 0 Å². The SMILES string of the molecule is CC1CCC(C(N)Cc2cn(C)nn2)(N(C)C)CC1. The Balaban J connectivity index is 2.10. The van der Waals surface area contributed by atoms with Crippen LogP contribution in [0.2, 0.25) is 0 Å². The van der Waals surface area contributed by atoms with E-state index in [0.29, 0.717) is 0 Å². The molecule has 0 bridgehead atoms. The average molecular weight is 265 g/mol. The molecule has 0 amide bonds. The third-order valence-electron chi connectivity index (χ3n) is 4.80. The van der Waals surface area contributed by atoms with Crippen molar-refractivity contribution in [3.05, 3.63) is 11.9 Å². The molecule has 1 heterocycles. The molecule has 1 aromatic rings. The highest BCUT2D eigenvalue weighted by molar-refractivity contribution is 5.06. The number of hydrogen-bond donors (Lipinski definition) is 1. The molecule has 0 aromatic carbocycles. The van der Waals surface area contributed by atoms with Gasteiger partial charge in [-0.25, -0.2) is 0 Å². The molecule has 1 aromatic heterocycles. The topological polar surface area (TPSA) is 60.0 Å². The van der Waals surface area contributed by atoms with Crippen LogP contribution >= 0.6 is 0 Å². The van der Waals surface area contributed by atoms with Crippen LogP contribution < -0.4 is 5.73 Å². The van der Waals surface area contributed by atoms with Gasteiger partial charge in [0.25, 0.3) is 0 Å². The number of aryl methyl sites for hydroxylation is 1. The molecule has 1 saturated carbocycles. The minimum atomic E-state index is 0.115. The van der Waals surface area contributed by atoms with Gasteiger partial charge in [0, 0.05) is 31.2 Å². The monoisotopic (exact) mass is 265 g/mol. The van der Waals surface area contributed by atoms with Gasteiger partial charge < -0.3 is 10.6 Å². The molecule has 0 radical (unpaired) electrons. The summed E-state index contributed by atoms with van der Waals surface area (Å²) in [4.78, 5) is 2.33. The van der Waals surface area contributed by atoms with Gasteiger partial charge in [-0.05, 0) is 45.7 Å². The van der Waals surface area contributed by atoms with Crippen molar-refractivity contribution in [3.8, 4) is 0 Å². The zero-order valence-electron chi connectivity index (χ0n) is 12.6. The van der Waals surface area contributed by atoms with Crippen molar-refractivity contribution in [2.75, 3.05) is 14.1 Å². The molecule has 2 N–H and O–H groups in total. The maximum atomic E-state index is 6.55. The van der Waals surface area contributed by atoms with Gasteiger partial charge in [-0.1, -0.05) is 12.1 Å². The summed E-state index contributed by atoms with van der Waals surface area (Å²) in [5, 5.41) is 8.16. The summed E-state index contributed by atoms with van der Waals surface area (Å²) in [5.41, 5.74) is 7.66. The molecule has 0 saturated heterocycles. The second kappa shape index (κ2) is 5.59. The first kappa shape index (κ1) is 14.5. The molecule has 2 rings (SSSR count). The van der Waals surface area contributed by atoms with Gasteiger partial charge in [0.05, 0.1) is 5.69 Å². The lowest BCUT2D eigenvalue weighted by molar-refractivity contribution is 0.0565. The summed E-state index contributed by atoms with van der Waals surface area (Å²) in [6.07, 6.45) is 7.68. The number of likely N-dealkylation sites (N-methyl/N-ethyl adjacent to an activating group) is 1. The van der Waals surface area contributed by atoms with Crippen LogP contribution in [0.4, 0.5) is 0 Å². The molecule has 1 atom stereocenters. The average Bonchev–Trinajstić information content (AvgIpc) is 2.75. The first-order valence-corrected chi connectivity index (χ1v) is 7.22. The van der Waals surface area contributed by atoms with Crippen molar-refractivity contribution in [2.45, 2.75) is 50.6 Å². The minimum Gasteiger partial charge on any atom is -0.326 e. The van der Waals surface area contributed by atoms with Crippen LogP contribution in [-0.4, -0.2) is 45.6 Å². The van der Waals surface area contributed by atoms with Crippen molar-refractivity contribution >= 4 is 0 Å². The highest BCUT2D eigenvalue weighted by atomic mass is 15.4. The lowest BCUT2D eigenvalue weighted by atomic mass is 9.71. The second-order valence-corrected chi connectivity index (χ2v) is 6.37. The maximum absolute atomic E-state index is 6.55. The highest BCUT2D eigenvalue weighted by Crippen LogP contribution is 2.37. The van der Waals surface area contributed by atoms with Crippen molar-refractivity contribution in [1.82, 2.24) is 19.9 Å². The van der Waals surface area contributed by atoms with E-state index >= 15 is 0 Å². The summed E-state index contributed by atoms with van der Waals surface area (Å²) >= 11 is 0. The third-order valence-corrected chi connectivity index (χ3v) is 4.80. The Morgan fingerprint density at radius 3 is 2.58 bits per heavy atom. The number of hydrogen-bond acceptors (Lipinski definition) is 4. The summed E-state index contributed by atoms with van der Waals surface area (Å²) in [7, 11) is 6.21. The zero-order valence-corrected chi connectivity index (χ0v) is 12.6. The van der Waals surface area contributed by atoms with Crippen LogP contribution in [-0.2, 0) is 13.5 Å². The van der Waals surface area contributed by atoms with Crippen LogP contribution in [0.5, 0.6) is 0 Å². The van der Waals surface area contributed by atoms with E-state index in [1.165, 1.54) is 25.7 Å². The van der Waals surface area contributed by atoms with E-state index in [9.17, 15) is 0 Å². The molecule has 0 spiro atoms. The first-order chi connectivity index (χ1) is 8.94. The van der Waals surface area contributed by atoms with Crippen molar-refractivity contribution in [2.24, 2.45) is 18.7 Å². The Hall–Kier alpha value is -0.940. The molecule has 1 aliphatic carbocycles. The summed E-state index contributed by atoms with van der Waals surface area (Å²) < 4.78 is 1.74. The fraction of sp³-hybridized carbons (Fsp3) is 0.857. The van der Waals surface area contributed by atoms with Gasteiger partial charge in [-0.2, -0.15) is 0 Å². The van der Waals surface area contributed by atoms with Crippen molar-refractivity contribution in [3.63, 3.8) is 0 Å². The Kier molecular flexibility index (Phi) is 4.26. The molecule has 19 heavy (non-hydrogen) atoms. The largest absolute Gasteiger partial charge is 0.326 e. The predicted octanol–water partition coefficient (Wildman–Crippen LogP) is 1.20. The van der Waals surface area contributed by atoms with E-state index in [2.05, 4.69) is 36.2 Å². The molecule has 5 heteroatoms. The Bertz CT molecular complexity index is 404. The maximum Gasteiger partial charge on any atom is 0.0843 e. The van der Waals surface area contributed by atoms with Crippen LogP contribution in [0, 0.1) is 5.92 Å². The predicted molar refractivity (Wildman–Crippen MR) is 76.7 cm³/mol. The van der Waals surface area contributed by atoms with Gasteiger partial charge in [0.2, 0.25) is 0 Å². The standard InChI is InChI=1S/C14H27N5/c1-11-5-7-14(8-6-11,18(2)3)13(15)9-12-10-19(4)17-16-12/h10-11,13H,5-9,15H2,1-4H3. The smallest absolute Gasteiger partial charge is 0.0843 e. The molecular weight excluding hydrogens is 238 g/mol. The van der Waals surface area contributed by atoms with E-state index < -0.39 is 0 Å². The summed E-state index contributed by atoms with van der Waals surface area (Å²) in [6.45, 7) is 2.34.